The van der Waals surface area contributed by atoms with Crippen LogP contribution in [0.4, 0.5) is 0 Å². The SMILES string of the molecule is CCCCCCCC(C(=O)O)N(CC(=O)O)C(CCCCCCC)C(=O)O. The third-order valence-corrected chi connectivity index (χ3v) is 4.85. The Hall–Kier alpha value is -1.63. The quantitative estimate of drug-likeness (QED) is 0.304. The van der Waals surface area contributed by atoms with E-state index in [9.17, 15) is 29.7 Å². The van der Waals surface area contributed by atoms with Crippen LogP contribution in [-0.2, 0) is 14.4 Å². The Bertz CT molecular complexity index is 408. The molecule has 27 heavy (non-hydrogen) atoms. The molecule has 0 bridgehead atoms. The summed E-state index contributed by atoms with van der Waals surface area (Å²) in [6.45, 7) is 3.61. The van der Waals surface area contributed by atoms with Crippen molar-refractivity contribution in [1.29, 1.82) is 0 Å². The van der Waals surface area contributed by atoms with Crippen molar-refractivity contribution in [2.45, 2.75) is 103 Å². The number of aliphatic carboxylic acids is 3. The summed E-state index contributed by atoms with van der Waals surface area (Å²) in [5.41, 5.74) is 0. The van der Waals surface area contributed by atoms with Crippen molar-refractivity contribution in [1.82, 2.24) is 4.90 Å². The lowest BCUT2D eigenvalue weighted by Gasteiger charge is -2.32. The predicted molar refractivity (Wildman–Crippen MR) is 104 cm³/mol. The Kier molecular flexibility index (Phi) is 14.5. The van der Waals surface area contributed by atoms with E-state index < -0.39 is 36.5 Å². The molecular weight excluding hydrogens is 350 g/mol. The average Bonchev–Trinajstić information content (AvgIpc) is 2.59. The summed E-state index contributed by atoms with van der Waals surface area (Å²) >= 11 is 0. The highest BCUT2D eigenvalue weighted by Gasteiger charge is 2.36. The van der Waals surface area contributed by atoms with Crippen molar-refractivity contribution in [3.63, 3.8) is 0 Å². The number of carboxylic acids is 3. The number of unbranched alkanes of at least 4 members (excludes halogenated alkanes) is 8. The van der Waals surface area contributed by atoms with E-state index in [-0.39, 0.29) is 12.8 Å². The van der Waals surface area contributed by atoms with E-state index in [1.807, 2.05) is 0 Å². The van der Waals surface area contributed by atoms with Crippen LogP contribution in [0.5, 0.6) is 0 Å². The van der Waals surface area contributed by atoms with Crippen LogP contribution in [0.3, 0.4) is 0 Å². The highest BCUT2D eigenvalue weighted by atomic mass is 16.4. The summed E-state index contributed by atoms with van der Waals surface area (Å²) < 4.78 is 0. The number of carbonyl (C=O) groups is 3. The molecule has 0 aliphatic rings. The van der Waals surface area contributed by atoms with Gasteiger partial charge in [-0.05, 0) is 12.8 Å². The first-order chi connectivity index (χ1) is 12.8. The van der Waals surface area contributed by atoms with Gasteiger partial charge in [-0.2, -0.15) is 0 Å². The second kappa shape index (κ2) is 15.4. The minimum atomic E-state index is -1.20. The lowest BCUT2D eigenvalue weighted by atomic mass is 10.00. The summed E-state index contributed by atoms with van der Waals surface area (Å²) in [4.78, 5) is 35.9. The molecule has 7 nitrogen and oxygen atoms in total. The molecule has 7 heteroatoms. The number of rotatable bonds is 18. The molecule has 0 radical (unpaired) electrons. The van der Waals surface area contributed by atoms with Crippen LogP contribution in [-0.4, -0.2) is 56.8 Å². The predicted octanol–water partition coefficient (Wildman–Crippen LogP) is 4.00. The Morgan fingerprint density at radius 3 is 1.33 bits per heavy atom. The van der Waals surface area contributed by atoms with Gasteiger partial charge in [-0.1, -0.05) is 78.1 Å². The van der Waals surface area contributed by atoms with Crippen molar-refractivity contribution in [2.75, 3.05) is 6.54 Å². The van der Waals surface area contributed by atoms with Gasteiger partial charge in [0.2, 0.25) is 0 Å². The molecule has 0 aliphatic carbocycles. The molecule has 0 aromatic carbocycles. The molecule has 0 aromatic rings. The van der Waals surface area contributed by atoms with Crippen LogP contribution in [0.2, 0.25) is 0 Å². The van der Waals surface area contributed by atoms with Crippen LogP contribution >= 0.6 is 0 Å². The highest BCUT2D eigenvalue weighted by molar-refractivity contribution is 5.79. The zero-order valence-electron chi connectivity index (χ0n) is 16.9. The number of hydrogen-bond donors (Lipinski definition) is 3. The van der Waals surface area contributed by atoms with E-state index in [2.05, 4.69) is 13.8 Å². The Morgan fingerprint density at radius 1 is 0.667 bits per heavy atom. The molecule has 0 saturated heterocycles. The Balaban J connectivity index is 5.05. The second-order valence-electron chi connectivity index (χ2n) is 7.18. The van der Waals surface area contributed by atoms with E-state index in [0.29, 0.717) is 12.8 Å². The Labute approximate surface area is 162 Å². The topological polar surface area (TPSA) is 115 Å². The monoisotopic (exact) mass is 387 g/mol. The van der Waals surface area contributed by atoms with Gasteiger partial charge in [0.25, 0.3) is 0 Å². The van der Waals surface area contributed by atoms with E-state index in [1.54, 1.807) is 0 Å². The van der Waals surface area contributed by atoms with Crippen LogP contribution in [0.15, 0.2) is 0 Å². The van der Waals surface area contributed by atoms with Crippen molar-refractivity contribution < 1.29 is 29.7 Å². The van der Waals surface area contributed by atoms with Crippen LogP contribution in [0.25, 0.3) is 0 Å². The van der Waals surface area contributed by atoms with Crippen LogP contribution < -0.4 is 0 Å². The molecule has 0 spiro atoms. The van der Waals surface area contributed by atoms with Gasteiger partial charge in [0.15, 0.2) is 0 Å². The highest BCUT2D eigenvalue weighted by Crippen LogP contribution is 2.19. The maximum absolute atomic E-state index is 11.8. The first kappa shape index (κ1) is 25.4. The van der Waals surface area contributed by atoms with E-state index in [1.165, 1.54) is 0 Å². The molecule has 2 atom stereocenters. The third-order valence-electron chi connectivity index (χ3n) is 4.85. The van der Waals surface area contributed by atoms with Gasteiger partial charge < -0.3 is 15.3 Å². The second-order valence-corrected chi connectivity index (χ2v) is 7.18. The van der Waals surface area contributed by atoms with Gasteiger partial charge in [0.05, 0.1) is 6.54 Å². The van der Waals surface area contributed by atoms with E-state index >= 15 is 0 Å². The molecule has 0 aliphatic heterocycles. The molecule has 0 aromatic heterocycles. The van der Waals surface area contributed by atoms with Crippen molar-refractivity contribution in [3.8, 4) is 0 Å². The molecule has 0 heterocycles. The summed E-state index contributed by atoms with van der Waals surface area (Å²) in [6.07, 6.45) is 9.88. The summed E-state index contributed by atoms with van der Waals surface area (Å²) in [6, 6.07) is -2.17. The van der Waals surface area contributed by atoms with Crippen LogP contribution in [0, 0.1) is 0 Å². The van der Waals surface area contributed by atoms with Gasteiger partial charge in [-0.25, -0.2) is 0 Å². The fraction of sp³-hybridized carbons (Fsp3) is 0.850. The van der Waals surface area contributed by atoms with Crippen molar-refractivity contribution in [2.24, 2.45) is 0 Å². The number of carboxylic acid groups (broad SMARTS) is 3. The van der Waals surface area contributed by atoms with E-state index in [4.69, 9.17) is 0 Å². The standard InChI is InChI=1S/C20H37NO6/c1-3-5-7-9-11-13-16(19(24)25)21(15-18(22)23)17(20(26)27)14-12-10-8-6-4-2/h16-17H,3-15H2,1-2H3,(H,22,23)(H,24,25)(H,26,27). The fourth-order valence-electron chi connectivity index (χ4n) is 3.34. The maximum Gasteiger partial charge on any atom is 0.320 e. The molecule has 0 saturated carbocycles. The number of hydrogen-bond acceptors (Lipinski definition) is 4. The van der Waals surface area contributed by atoms with E-state index in [0.717, 1.165) is 56.3 Å². The largest absolute Gasteiger partial charge is 0.480 e. The lowest BCUT2D eigenvalue weighted by Crippen LogP contribution is -2.52. The summed E-state index contributed by atoms with van der Waals surface area (Å²) in [5, 5.41) is 28.4. The Morgan fingerprint density at radius 2 is 1.04 bits per heavy atom. The molecular formula is C20H37NO6. The first-order valence-electron chi connectivity index (χ1n) is 10.3. The smallest absolute Gasteiger partial charge is 0.320 e. The maximum atomic E-state index is 11.8. The normalized spacial score (nSPS) is 13.4. The molecule has 2 unspecified atom stereocenters. The first-order valence-corrected chi connectivity index (χ1v) is 10.3. The molecule has 0 amide bonds. The minimum absolute atomic E-state index is 0.270. The summed E-state index contributed by atoms with van der Waals surface area (Å²) in [5.74, 6) is -3.50. The zero-order chi connectivity index (χ0) is 20.7. The average molecular weight is 388 g/mol. The van der Waals surface area contributed by atoms with Gasteiger partial charge >= 0.3 is 17.9 Å². The molecule has 0 fully saturated rings. The van der Waals surface area contributed by atoms with Crippen molar-refractivity contribution in [3.05, 3.63) is 0 Å². The molecule has 0 rings (SSSR count). The third kappa shape index (κ3) is 11.6. The van der Waals surface area contributed by atoms with Crippen LogP contribution in [0.1, 0.15) is 90.9 Å². The number of nitrogens with zero attached hydrogens (tertiary/aromatic N) is 1. The molecule has 158 valence electrons. The lowest BCUT2D eigenvalue weighted by molar-refractivity contribution is -0.154. The molecule has 3 N–H and O–H groups in total. The minimum Gasteiger partial charge on any atom is -0.480 e. The fourth-order valence-corrected chi connectivity index (χ4v) is 3.34. The zero-order valence-corrected chi connectivity index (χ0v) is 16.9. The van der Waals surface area contributed by atoms with Crippen molar-refractivity contribution >= 4 is 17.9 Å². The van der Waals surface area contributed by atoms with Gasteiger partial charge in [0, 0.05) is 0 Å². The summed E-state index contributed by atoms with van der Waals surface area (Å²) in [7, 11) is 0. The van der Waals surface area contributed by atoms with Gasteiger partial charge in [-0.15, -0.1) is 0 Å². The van der Waals surface area contributed by atoms with Gasteiger partial charge in [-0.3, -0.25) is 19.3 Å². The van der Waals surface area contributed by atoms with Gasteiger partial charge in [0.1, 0.15) is 12.1 Å².